The van der Waals surface area contributed by atoms with Crippen LogP contribution < -0.4 is 5.41 Å². The molecular weight excluding hydrogens is 169 g/mol. The Hall–Kier alpha value is -0.530. The summed E-state index contributed by atoms with van der Waals surface area (Å²) in [5.41, 5.74) is 0.464. The normalized spacial score (nSPS) is 9.40. The summed E-state index contributed by atoms with van der Waals surface area (Å²) in [5, 5.41) is 9.51. The Morgan fingerprint density at radius 2 is 1.70 bits per heavy atom. The van der Waals surface area contributed by atoms with Crippen LogP contribution in [0.25, 0.3) is 0 Å². The maximum absolute atomic E-state index is 8.61. The molecule has 0 spiro atoms. The fraction of sp³-hybridized carbons (Fsp3) is 0. The van der Waals surface area contributed by atoms with Crippen LogP contribution in [0.15, 0.2) is 18.2 Å². The monoisotopic (exact) mass is 172 g/mol. The van der Waals surface area contributed by atoms with Crippen molar-refractivity contribution in [1.29, 1.82) is 0 Å². The summed E-state index contributed by atoms with van der Waals surface area (Å²) < 4.78 is 0. The molecule has 0 saturated heterocycles. The highest BCUT2D eigenvalue weighted by Crippen LogP contribution is 2.21. The Morgan fingerprint density at radius 3 is 2.00 bits per heavy atom. The van der Waals surface area contributed by atoms with Crippen molar-refractivity contribution in [1.82, 2.24) is 5.41 Å². The molecule has 0 atom stereocenters. The second-order valence-corrected chi connectivity index (χ2v) is 2.58. The van der Waals surface area contributed by atoms with E-state index < -0.39 is 0 Å². The lowest BCUT2D eigenvalue weighted by atomic mass is 10.2. The average Bonchev–Trinajstić information content (AvgIpc) is 1.88. The van der Waals surface area contributed by atoms with Crippen molar-refractivity contribution in [2.75, 3.05) is 0 Å². The third kappa shape index (κ3) is 1.31. The number of benzene rings is 1. The van der Waals surface area contributed by atoms with E-state index in [2.05, 4.69) is 0 Å². The van der Waals surface area contributed by atoms with Crippen LogP contribution in [-0.4, -0.2) is 6.21 Å². The van der Waals surface area contributed by atoms with E-state index in [-0.39, 0.29) is 0 Å². The summed E-state index contributed by atoms with van der Waals surface area (Å²) in [6, 6.07) is 5.04. The zero-order chi connectivity index (χ0) is 7.56. The highest BCUT2D eigenvalue weighted by atomic mass is 35.5. The van der Waals surface area contributed by atoms with Crippen molar-refractivity contribution in [2.45, 2.75) is 0 Å². The van der Waals surface area contributed by atoms with Gasteiger partial charge in [-0.1, -0.05) is 29.3 Å². The largest absolute Gasteiger partial charge is 0.158 e. The zero-order valence-electron chi connectivity index (χ0n) is 5.01. The highest BCUT2D eigenvalue weighted by molar-refractivity contribution is 6.38. The Labute approximate surface area is 69.1 Å². The topological polar surface area (TPSA) is 22.3 Å². The van der Waals surface area contributed by atoms with Gasteiger partial charge in [-0.25, -0.2) is 0 Å². The first-order valence-electron chi connectivity index (χ1n) is 2.67. The lowest BCUT2D eigenvalue weighted by molar-refractivity contribution is 1.66. The highest BCUT2D eigenvalue weighted by Gasteiger charge is 2.00. The van der Waals surface area contributed by atoms with Crippen LogP contribution in [0.2, 0.25) is 10.0 Å². The molecule has 0 bridgehead atoms. The Kier molecular flexibility index (Phi) is 2.30. The molecule has 1 aromatic rings. The molecule has 0 unspecified atom stereocenters. The van der Waals surface area contributed by atoms with E-state index in [4.69, 9.17) is 28.6 Å². The van der Waals surface area contributed by atoms with Gasteiger partial charge in [0.1, 0.15) is 0 Å². The molecule has 51 valence electrons. The van der Waals surface area contributed by atoms with Gasteiger partial charge in [-0.05, 0) is 12.1 Å². The molecule has 0 N–H and O–H groups in total. The third-order valence-electron chi connectivity index (χ3n) is 1.13. The molecule has 0 aliphatic rings. The fourth-order valence-corrected chi connectivity index (χ4v) is 1.13. The van der Waals surface area contributed by atoms with E-state index in [0.717, 1.165) is 6.21 Å². The van der Waals surface area contributed by atoms with Crippen LogP contribution in [0, 0.1) is 0 Å². The minimum atomic E-state index is 0.454. The van der Waals surface area contributed by atoms with Crippen LogP contribution in [0.1, 0.15) is 5.56 Å². The molecule has 1 nitrogen and oxygen atoms in total. The molecular formula is C7H4Cl2N. The van der Waals surface area contributed by atoms with Crippen LogP contribution in [0.3, 0.4) is 0 Å². The van der Waals surface area contributed by atoms with E-state index in [1.54, 1.807) is 18.2 Å². The standard InChI is InChI=1S/C7H4Cl2N/c8-6-2-1-3-7(9)5(6)4-10/h1-4H. The molecule has 0 saturated carbocycles. The summed E-state index contributed by atoms with van der Waals surface area (Å²) in [6.45, 7) is 0. The summed E-state index contributed by atoms with van der Waals surface area (Å²) >= 11 is 11.3. The van der Waals surface area contributed by atoms with Gasteiger partial charge in [0.25, 0.3) is 0 Å². The smallest absolute Gasteiger partial charge is 0.0598 e. The SMILES string of the molecule is [N]=Cc1c(Cl)cccc1Cl. The Bertz CT molecular complexity index is 238. The molecule has 0 aromatic heterocycles. The van der Waals surface area contributed by atoms with Gasteiger partial charge in [0.15, 0.2) is 0 Å². The lowest BCUT2D eigenvalue weighted by Gasteiger charge is -1.96. The second kappa shape index (κ2) is 3.04. The molecule has 1 rings (SSSR count). The number of nitrogens with zero attached hydrogens (tertiary/aromatic N) is 1. The number of rotatable bonds is 1. The van der Waals surface area contributed by atoms with Crippen molar-refractivity contribution < 1.29 is 0 Å². The summed E-state index contributed by atoms with van der Waals surface area (Å²) in [4.78, 5) is 0. The van der Waals surface area contributed by atoms with Crippen molar-refractivity contribution in [2.24, 2.45) is 0 Å². The molecule has 0 heterocycles. The van der Waals surface area contributed by atoms with Gasteiger partial charge in [-0.15, -0.1) is 0 Å². The molecule has 10 heavy (non-hydrogen) atoms. The number of hydrogen-bond donors (Lipinski definition) is 0. The third-order valence-corrected chi connectivity index (χ3v) is 1.79. The van der Waals surface area contributed by atoms with Crippen molar-refractivity contribution in [3.8, 4) is 0 Å². The van der Waals surface area contributed by atoms with Crippen LogP contribution >= 0.6 is 23.2 Å². The van der Waals surface area contributed by atoms with Crippen molar-refractivity contribution >= 4 is 29.4 Å². The predicted octanol–water partition coefficient (Wildman–Crippen LogP) is 2.21. The van der Waals surface area contributed by atoms with E-state index in [1.807, 2.05) is 0 Å². The number of hydrogen-bond acceptors (Lipinski definition) is 0. The molecule has 1 radical (unpaired) electrons. The van der Waals surface area contributed by atoms with E-state index >= 15 is 0 Å². The summed E-state index contributed by atoms with van der Waals surface area (Å²) in [6.07, 6.45) is 0.894. The Balaban J connectivity index is 3.30. The number of halogens is 2. The minimum Gasteiger partial charge on any atom is -0.158 e. The summed E-state index contributed by atoms with van der Waals surface area (Å²) in [5.74, 6) is 0. The molecule has 0 aliphatic heterocycles. The van der Waals surface area contributed by atoms with Crippen LogP contribution in [0.5, 0.6) is 0 Å². The maximum Gasteiger partial charge on any atom is 0.0598 e. The van der Waals surface area contributed by atoms with Crippen LogP contribution in [-0.2, 0) is 0 Å². The van der Waals surface area contributed by atoms with Crippen LogP contribution in [0.4, 0.5) is 0 Å². The zero-order valence-corrected chi connectivity index (χ0v) is 6.52. The van der Waals surface area contributed by atoms with E-state index in [0.29, 0.717) is 15.6 Å². The summed E-state index contributed by atoms with van der Waals surface area (Å²) in [7, 11) is 0. The Morgan fingerprint density at radius 1 is 1.20 bits per heavy atom. The molecule has 0 aliphatic carbocycles. The van der Waals surface area contributed by atoms with E-state index in [1.165, 1.54) is 0 Å². The van der Waals surface area contributed by atoms with Gasteiger partial charge in [0.2, 0.25) is 0 Å². The van der Waals surface area contributed by atoms with Crippen molar-refractivity contribution in [3.63, 3.8) is 0 Å². The average molecular weight is 173 g/mol. The first-order chi connectivity index (χ1) is 4.75. The van der Waals surface area contributed by atoms with Gasteiger partial charge in [0, 0.05) is 5.56 Å². The van der Waals surface area contributed by atoms with Gasteiger partial charge >= 0.3 is 0 Å². The molecule has 0 fully saturated rings. The van der Waals surface area contributed by atoms with Gasteiger partial charge < -0.3 is 0 Å². The van der Waals surface area contributed by atoms with Crippen molar-refractivity contribution in [3.05, 3.63) is 33.8 Å². The lowest BCUT2D eigenvalue weighted by Crippen LogP contribution is -1.83. The predicted molar refractivity (Wildman–Crippen MR) is 43.8 cm³/mol. The first kappa shape index (κ1) is 7.58. The molecule has 0 amide bonds. The molecule has 3 heteroatoms. The van der Waals surface area contributed by atoms with Gasteiger partial charge in [-0.2, -0.15) is 5.41 Å². The maximum atomic E-state index is 8.61. The van der Waals surface area contributed by atoms with E-state index in [9.17, 15) is 0 Å². The minimum absolute atomic E-state index is 0.454. The first-order valence-corrected chi connectivity index (χ1v) is 3.42. The van der Waals surface area contributed by atoms with Gasteiger partial charge in [0.05, 0.1) is 16.3 Å². The second-order valence-electron chi connectivity index (χ2n) is 1.76. The fourth-order valence-electron chi connectivity index (χ4n) is 0.634. The molecule has 1 aromatic carbocycles. The quantitative estimate of drug-likeness (QED) is 0.581. The van der Waals surface area contributed by atoms with Gasteiger partial charge in [-0.3, -0.25) is 0 Å².